The van der Waals surface area contributed by atoms with E-state index in [1.807, 2.05) is 0 Å². The Kier molecular flexibility index (Phi) is 2.78. The maximum absolute atomic E-state index is 5.60. The monoisotopic (exact) mass is 221 g/mol. The number of nitrogens with two attached hydrogens (primary N) is 1. The standard InChI is InChI=1S/C9H11N5O2/c1-5(10)9-11-8(14-16-9)6-3-4-7(15-2)13-12-6/h3-5H,10H2,1-2H3/t5-/m1/s1. The summed E-state index contributed by atoms with van der Waals surface area (Å²) in [5.41, 5.74) is 6.11. The van der Waals surface area contributed by atoms with Crippen LogP contribution in [0.15, 0.2) is 16.7 Å². The number of nitrogens with zero attached hydrogens (tertiary/aromatic N) is 4. The average Bonchev–Trinajstić information content (AvgIpc) is 2.78. The van der Waals surface area contributed by atoms with Crippen molar-refractivity contribution in [2.24, 2.45) is 5.73 Å². The second kappa shape index (κ2) is 4.23. The molecule has 16 heavy (non-hydrogen) atoms. The molecule has 0 bridgehead atoms. The van der Waals surface area contributed by atoms with Gasteiger partial charge >= 0.3 is 0 Å². The van der Waals surface area contributed by atoms with E-state index in [0.717, 1.165) is 0 Å². The molecule has 0 radical (unpaired) electrons. The van der Waals surface area contributed by atoms with Crippen LogP contribution in [0.25, 0.3) is 11.5 Å². The van der Waals surface area contributed by atoms with E-state index in [9.17, 15) is 0 Å². The summed E-state index contributed by atoms with van der Waals surface area (Å²) in [6, 6.07) is 3.07. The summed E-state index contributed by atoms with van der Waals surface area (Å²) < 4.78 is 9.84. The minimum absolute atomic E-state index is 0.299. The molecule has 84 valence electrons. The first-order valence-electron chi connectivity index (χ1n) is 4.68. The molecule has 2 aromatic heterocycles. The molecule has 0 saturated heterocycles. The lowest BCUT2D eigenvalue weighted by atomic mass is 10.3. The highest BCUT2D eigenvalue weighted by Crippen LogP contribution is 2.16. The van der Waals surface area contributed by atoms with E-state index in [1.165, 1.54) is 7.11 Å². The summed E-state index contributed by atoms with van der Waals surface area (Å²) in [6.07, 6.45) is 0. The SMILES string of the molecule is COc1ccc(-c2noc([C@@H](C)N)n2)nn1. The van der Waals surface area contributed by atoms with E-state index in [0.29, 0.717) is 23.3 Å². The third kappa shape index (κ3) is 1.98. The molecule has 0 aromatic carbocycles. The van der Waals surface area contributed by atoms with Crippen LogP contribution in [0.4, 0.5) is 0 Å². The van der Waals surface area contributed by atoms with Gasteiger partial charge in [-0.05, 0) is 13.0 Å². The summed E-state index contributed by atoms with van der Waals surface area (Å²) in [4.78, 5) is 4.09. The Morgan fingerprint density at radius 2 is 2.19 bits per heavy atom. The fourth-order valence-electron chi connectivity index (χ4n) is 1.07. The van der Waals surface area contributed by atoms with Gasteiger partial charge in [0.05, 0.1) is 13.2 Å². The van der Waals surface area contributed by atoms with Crippen molar-refractivity contribution in [3.63, 3.8) is 0 Å². The molecule has 0 saturated carbocycles. The van der Waals surface area contributed by atoms with Crippen molar-refractivity contribution in [1.29, 1.82) is 0 Å². The molecule has 0 spiro atoms. The van der Waals surface area contributed by atoms with Crippen LogP contribution in [0.3, 0.4) is 0 Å². The Labute approximate surface area is 91.6 Å². The summed E-state index contributed by atoms with van der Waals surface area (Å²) in [7, 11) is 1.52. The lowest BCUT2D eigenvalue weighted by molar-refractivity contribution is 0.361. The maximum Gasteiger partial charge on any atom is 0.243 e. The van der Waals surface area contributed by atoms with Crippen molar-refractivity contribution >= 4 is 0 Å². The summed E-state index contributed by atoms with van der Waals surface area (Å²) >= 11 is 0. The van der Waals surface area contributed by atoms with Gasteiger partial charge in [-0.2, -0.15) is 4.98 Å². The van der Waals surface area contributed by atoms with Gasteiger partial charge in [0.15, 0.2) is 0 Å². The summed E-state index contributed by atoms with van der Waals surface area (Å²) in [6.45, 7) is 1.76. The highest BCUT2D eigenvalue weighted by atomic mass is 16.5. The highest BCUT2D eigenvalue weighted by Gasteiger charge is 2.13. The number of ether oxygens (including phenoxy) is 1. The number of hydrogen-bond donors (Lipinski definition) is 1. The predicted molar refractivity (Wildman–Crippen MR) is 54.5 cm³/mol. The number of aromatic nitrogens is 4. The van der Waals surface area contributed by atoms with E-state index in [2.05, 4.69) is 20.3 Å². The van der Waals surface area contributed by atoms with Gasteiger partial charge in [0.1, 0.15) is 5.69 Å². The molecule has 0 amide bonds. The molecule has 2 aromatic rings. The molecule has 0 aliphatic rings. The van der Waals surface area contributed by atoms with Crippen LogP contribution in [0, 0.1) is 0 Å². The average molecular weight is 221 g/mol. The highest BCUT2D eigenvalue weighted by molar-refractivity contribution is 5.47. The molecule has 7 heteroatoms. The van der Waals surface area contributed by atoms with Gasteiger partial charge < -0.3 is 15.0 Å². The fourth-order valence-corrected chi connectivity index (χ4v) is 1.07. The van der Waals surface area contributed by atoms with Crippen molar-refractivity contribution < 1.29 is 9.26 Å². The van der Waals surface area contributed by atoms with Crippen LogP contribution < -0.4 is 10.5 Å². The van der Waals surface area contributed by atoms with Gasteiger partial charge in [-0.3, -0.25) is 0 Å². The molecule has 1 atom stereocenters. The first-order valence-corrected chi connectivity index (χ1v) is 4.68. The topological polar surface area (TPSA) is 100.0 Å². The quantitative estimate of drug-likeness (QED) is 0.807. The molecule has 7 nitrogen and oxygen atoms in total. The number of hydrogen-bond acceptors (Lipinski definition) is 7. The molecule has 0 aliphatic carbocycles. The third-order valence-corrected chi connectivity index (χ3v) is 1.91. The molecule has 2 heterocycles. The molecular weight excluding hydrogens is 210 g/mol. The molecular formula is C9H11N5O2. The second-order valence-electron chi connectivity index (χ2n) is 3.21. The van der Waals surface area contributed by atoms with Crippen LogP contribution in [-0.4, -0.2) is 27.4 Å². The normalized spacial score (nSPS) is 12.4. The van der Waals surface area contributed by atoms with Gasteiger partial charge in [-0.15, -0.1) is 10.2 Å². The molecule has 2 rings (SSSR count). The third-order valence-electron chi connectivity index (χ3n) is 1.91. The Balaban J connectivity index is 2.28. The second-order valence-corrected chi connectivity index (χ2v) is 3.21. The van der Waals surface area contributed by atoms with E-state index >= 15 is 0 Å². The maximum atomic E-state index is 5.60. The van der Waals surface area contributed by atoms with Crippen molar-refractivity contribution in [2.45, 2.75) is 13.0 Å². The Bertz CT molecular complexity index is 465. The molecule has 0 unspecified atom stereocenters. The number of rotatable bonds is 3. The Hall–Kier alpha value is -2.02. The zero-order chi connectivity index (χ0) is 11.5. The van der Waals surface area contributed by atoms with E-state index in [4.69, 9.17) is 15.0 Å². The zero-order valence-electron chi connectivity index (χ0n) is 8.91. The first kappa shape index (κ1) is 10.5. The molecule has 0 aliphatic heterocycles. The summed E-state index contributed by atoms with van der Waals surface area (Å²) in [5.74, 6) is 1.16. The number of methoxy groups -OCH3 is 1. The van der Waals surface area contributed by atoms with Crippen LogP contribution in [0.2, 0.25) is 0 Å². The van der Waals surface area contributed by atoms with E-state index < -0.39 is 0 Å². The van der Waals surface area contributed by atoms with Crippen molar-refractivity contribution in [3.05, 3.63) is 18.0 Å². The van der Waals surface area contributed by atoms with Crippen LogP contribution in [0.1, 0.15) is 18.9 Å². The van der Waals surface area contributed by atoms with Gasteiger partial charge in [-0.25, -0.2) is 0 Å². The fraction of sp³-hybridized carbons (Fsp3) is 0.333. The van der Waals surface area contributed by atoms with Crippen LogP contribution >= 0.6 is 0 Å². The van der Waals surface area contributed by atoms with Gasteiger partial charge in [0, 0.05) is 6.07 Å². The van der Waals surface area contributed by atoms with E-state index in [1.54, 1.807) is 19.1 Å². The minimum Gasteiger partial charge on any atom is -0.480 e. The first-order chi connectivity index (χ1) is 7.70. The predicted octanol–water partition coefficient (Wildman–Crippen LogP) is 0.555. The van der Waals surface area contributed by atoms with Crippen LogP contribution in [0.5, 0.6) is 5.88 Å². The summed E-state index contributed by atoms with van der Waals surface area (Å²) in [5, 5.41) is 11.4. The smallest absolute Gasteiger partial charge is 0.243 e. The van der Waals surface area contributed by atoms with Crippen LogP contribution in [-0.2, 0) is 0 Å². The zero-order valence-corrected chi connectivity index (χ0v) is 8.91. The Morgan fingerprint density at radius 3 is 2.69 bits per heavy atom. The van der Waals surface area contributed by atoms with Gasteiger partial charge in [0.2, 0.25) is 17.6 Å². The molecule has 2 N–H and O–H groups in total. The lowest BCUT2D eigenvalue weighted by Gasteiger charge is -1.96. The molecule has 0 fully saturated rings. The van der Waals surface area contributed by atoms with Gasteiger partial charge in [0.25, 0.3) is 0 Å². The largest absolute Gasteiger partial charge is 0.480 e. The Morgan fingerprint density at radius 1 is 1.38 bits per heavy atom. The van der Waals surface area contributed by atoms with Crippen molar-refractivity contribution in [3.8, 4) is 17.4 Å². The van der Waals surface area contributed by atoms with Crippen molar-refractivity contribution in [1.82, 2.24) is 20.3 Å². The van der Waals surface area contributed by atoms with E-state index in [-0.39, 0.29) is 6.04 Å². The lowest BCUT2D eigenvalue weighted by Crippen LogP contribution is -2.04. The van der Waals surface area contributed by atoms with Crippen molar-refractivity contribution in [2.75, 3.05) is 7.11 Å². The minimum atomic E-state index is -0.299. The van der Waals surface area contributed by atoms with Gasteiger partial charge in [-0.1, -0.05) is 5.16 Å².